The van der Waals surface area contributed by atoms with Crippen LogP contribution in [0.3, 0.4) is 0 Å². The fourth-order valence-corrected chi connectivity index (χ4v) is 1.66. The van der Waals surface area contributed by atoms with Crippen LogP contribution in [0.2, 0.25) is 0 Å². The molecule has 0 saturated carbocycles. The van der Waals surface area contributed by atoms with Gasteiger partial charge in [0.15, 0.2) is 0 Å². The van der Waals surface area contributed by atoms with Gasteiger partial charge in [0.1, 0.15) is 0 Å². The first-order chi connectivity index (χ1) is 5.38. The predicted octanol–water partition coefficient (Wildman–Crippen LogP) is 1.95. The third kappa shape index (κ3) is 1.66. The molecule has 0 aliphatic carbocycles. The van der Waals surface area contributed by atoms with Gasteiger partial charge in [-0.1, -0.05) is 4.88 Å². The summed E-state index contributed by atoms with van der Waals surface area (Å²) in [5.41, 5.74) is 0. The molecule has 2 nitrogen and oxygen atoms in total. The van der Waals surface area contributed by atoms with E-state index in [1.54, 1.807) is 17.5 Å². The summed E-state index contributed by atoms with van der Waals surface area (Å²) in [5.74, 6) is 0.986. The van der Waals surface area contributed by atoms with Crippen molar-refractivity contribution in [3.63, 3.8) is 0 Å². The molecule has 0 saturated heterocycles. The van der Waals surface area contributed by atoms with Crippen molar-refractivity contribution in [1.82, 2.24) is 9.55 Å². The van der Waals surface area contributed by atoms with E-state index in [0.717, 1.165) is 10.7 Å². The second kappa shape index (κ2) is 3.99. The molecule has 0 aliphatic rings. The molecule has 0 bridgehead atoms. The van der Waals surface area contributed by atoms with Gasteiger partial charge in [0.2, 0.25) is 0 Å². The summed E-state index contributed by atoms with van der Waals surface area (Å²) in [6, 6.07) is 5.03. The van der Waals surface area contributed by atoms with Gasteiger partial charge < -0.3 is 4.57 Å². The zero-order valence-corrected chi connectivity index (χ0v) is 9.66. The molecule has 0 amide bonds. The van der Waals surface area contributed by atoms with Crippen LogP contribution in [-0.2, 0) is 27.2 Å². The number of aromatic nitrogens is 2. The zero-order valence-electron chi connectivity index (χ0n) is 6.45. The van der Waals surface area contributed by atoms with Crippen molar-refractivity contribution < 1.29 is 20.1 Å². The number of hydrogen-bond donors (Lipinski definition) is 0. The average Bonchev–Trinajstić information content (AvgIpc) is 2.55. The third-order valence-electron chi connectivity index (χ3n) is 1.49. The quantitative estimate of drug-likeness (QED) is 0.715. The van der Waals surface area contributed by atoms with E-state index in [-0.39, 0.29) is 20.1 Å². The molecule has 2 rings (SSSR count). The molecular weight excluding hydrogens is 348 g/mol. The first-order valence-corrected chi connectivity index (χ1v) is 4.19. The van der Waals surface area contributed by atoms with Crippen molar-refractivity contribution in [3.05, 3.63) is 29.9 Å². The zero-order chi connectivity index (χ0) is 7.68. The van der Waals surface area contributed by atoms with Crippen molar-refractivity contribution in [3.8, 4) is 10.7 Å². The standard InChI is InChI=1S/C8H7N2S.Ir/c1-10-5-4-9-8(10)7-3-2-6-11-7;/h2,4-6H,1H3;/q-1;. The van der Waals surface area contributed by atoms with Gasteiger partial charge in [-0.25, -0.2) is 11.3 Å². The molecule has 12 heavy (non-hydrogen) atoms. The topological polar surface area (TPSA) is 17.8 Å². The molecule has 2 aromatic heterocycles. The van der Waals surface area contributed by atoms with Gasteiger partial charge in [-0.15, -0.1) is 5.38 Å². The van der Waals surface area contributed by atoms with Gasteiger partial charge in [0.05, 0.1) is 0 Å². The van der Waals surface area contributed by atoms with Crippen LogP contribution in [0.1, 0.15) is 0 Å². The molecule has 0 N–H and O–H groups in total. The summed E-state index contributed by atoms with van der Waals surface area (Å²) in [7, 11) is 1.98. The van der Waals surface area contributed by atoms with Gasteiger partial charge in [-0.3, -0.25) is 4.98 Å². The van der Waals surface area contributed by atoms with Crippen LogP contribution in [0, 0.1) is 6.07 Å². The second-order valence-electron chi connectivity index (χ2n) is 2.26. The Morgan fingerprint density at radius 1 is 1.58 bits per heavy atom. The van der Waals surface area contributed by atoms with Crippen LogP contribution in [0.25, 0.3) is 10.7 Å². The minimum Gasteiger partial charge on any atom is -0.385 e. The Kier molecular flexibility index (Phi) is 3.20. The summed E-state index contributed by atoms with van der Waals surface area (Å²) in [4.78, 5) is 5.30. The Morgan fingerprint density at radius 3 is 2.92 bits per heavy atom. The maximum absolute atomic E-state index is 4.20. The fourth-order valence-electron chi connectivity index (χ4n) is 0.947. The normalized spacial score (nSPS) is 9.42. The molecular formula is C8H7IrN2S-. The van der Waals surface area contributed by atoms with Gasteiger partial charge in [-0.2, -0.15) is 12.1 Å². The molecule has 0 unspecified atom stereocenters. The van der Waals surface area contributed by atoms with Gasteiger partial charge >= 0.3 is 0 Å². The molecule has 65 valence electrons. The maximum Gasteiger partial charge on any atom is 0.0474 e. The first kappa shape index (κ1) is 9.65. The van der Waals surface area contributed by atoms with Gasteiger partial charge in [0, 0.05) is 45.4 Å². The van der Waals surface area contributed by atoms with E-state index in [1.807, 2.05) is 29.3 Å². The number of hydrogen-bond acceptors (Lipinski definition) is 2. The van der Waals surface area contributed by atoms with E-state index >= 15 is 0 Å². The number of thiophene rings is 1. The Balaban J connectivity index is 0.000000720. The molecule has 2 aromatic rings. The molecule has 1 radical (unpaired) electrons. The maximum atomic E-state index is 4.20. The summed E-state index contributed by atoms with van der Waals surface area (Å²) < 4.78 is 1.99. The SMILES string of the molecule is Cn1ccnc1-c1[c-]ccs1.[Ir]. The summed E-state index contributed by atoms with van der Waals surface area (Å²) >= 11 is 1.66. The third-order valence-corrected chi connectivity index (χ3v) is 2.30. The van der Waals surface area contributed by atoms with E-state index in [4.69, 9.17) is 0 Å². The number of imidazole rings is 1. The van der Waals surface area contributed by atoms with Crippen molar-refractivity contribution >= 4 is 11.3 Å². The Hall–Kier alpha value is -0.441. The monoisotopic (exact) mass is 356 g/mol. The predicted molar refractivity (Wildman–Crippen MR) is 45.4 cm³/mol. The molecule has 0 aromatic carbocycles. The van der Waals surface area contributed by atoms with E-state index in [1.165, 1.54) is 0 Å². The van der Waals surface area contributed by atoms with Crippen molar-refractivity contribution in [2.45, 2.75) is 0 Å². The van der Waals surface area contributed by atoms with E-state index in [0.29, 0.717) is 0 Å². The second-order valence-corrected chi connectivity index (χ2v) is 3.17. The van der Waals surface area contributed by atoms with E-state index in [9.17, 15) is 0 Å². The minimum atomic E-state index is 0. The number of rotatable bonds is 1. The van der Waals surface area contributed by atoms with Crippen molar-refractivity contribution in [2.75, 3.05) is 0 Å². The Labute approximate surface area is 88.6 Å². The average molecular weight is 355 g/mol. The van der Waals surface area contributed by atoms with Crippen LogP contribution >= 0.6 is 11.3 Å². The van der Waals surface area contributed by atoms with Crippen molar-refractivity contribution in [2.24, 2.45) is 7.05 Å². The summed E-state index contributed by atoms with van der Waals surface area (Å²) in [6.07, 6.45) is 3.73. The van der Waals surface area contributed by atoms with Crippen LogP contribution in [0.15, 0.2) is 23.8 Å². The van der Waals surface area contributed by atoms with Gasteiger partial charge in [-0.05, 0) is 0 Å². The smallest absolute Gasteiger partial charge is 0.0474 e. The molecule has 0 fully saturated rings. The molecule has 4 heteroatoms. The minimum absolute atomic E-state index is 0. The van der Waals surface area contributed by atoms with Gasteiger partial charge in [0.25, 0.3) is 0 Å². The number of aryl methyl sites for hydroxylation is 1. The summed E-state index contributed by atoms with van der Waals surface area (Å²) in [6.45, 7) is 0. The first-order valence-electron chi connectivity index (χ1n) is 3.31. The largest absolute Gasteiger partial charge is 0.385 e. The molecule has 2 heterocycles. The Bertz CT molecular complexity index is 340. The molecule has 0 atom stereocenters. The molecule has 0 spiro atoms. The van der Waals surface area contributed by atoms with E-state index in [2.05, 4.69) is 11.1 Å². The number of nitrogens with zero attached hydrogens (tertiary/aromatic N) is 2. The van der Waals surface area contributed by atoms with Crippen LogP contribution in [0.4, 0.5) is 0 Å². The Morgan fingerprint density at radius 2 is 2.42 bits per heavy atom. The van der Waals surface area contributed by atoms with Crippen LogP contribution in [-0.4, -0.2) is 9.55 Å². The van der Waals surface area contributed by atoms with Crippen LogP contribution < -0.4 is 0 Å². The molecule has 0 aliphatic heterocycles. The summed E-state index contributed by atoms with van der Waals surface area (Å²) in [5, 5.41) is 2.00. The fraction of sp³-hybridized carbons (Fsp3) is 0.125. The van der Waals surface area contributed by atoms with Crippen molar-refractivity contribution in [1.29, 1.82) is 0 Å². The van der Waals surface area contributed by atoms with Crippen LogP contribution in [0.5, 0.6) is 0 Å². The van der Waals surface area contributed by atoms with E-state index < -0.39 is 0 Å².